The third-order valence-corrected chi connectivity index (χ3v) is 3.40. The summed E-state index contributed by atoms with van der Waals surface area (Å²) in [6, 6.07) is 11.0. The first kappa shape index (κ1) is 15.5. The maximum atomic E-state index is 11.6. The number of nitrogens with zero attached hydrogens (tertiary/aromatic N) is 3. The molecule has 5 nitrogen and oxygen atoms in total. The van der Waals surface area contributed by atoms with E-state index in [0.717, 1.165) is 12.1 Å². The van der Waals surface area contributed by atoms with Gasteiger partial charge in [0, 0.05) is 12.7 Å². The van der Waals surface area contributed by atoms with Crippen LogP contribution in [0.25, 0.3) is 0 Å². The number of nitrogens with one attached hydrogen (secondary N) is 1. The third-order valence-electron chi connectivity index (χ3n) is 3.40. The van der Waals surface area contributed by atoms with Gasteiger partial charge in [-0.3, -0.25) is 14.7 Å². The van der Waals surface area contributed by atoms with Crippen molar-refractivity contribution >= 4 is 23.5 Å². The molecule has 22 heavy (non-hydrogen) atoms. The molecule has 1 aromatic heterocycles. The lowest BCUT2D eigenvalue weighted by Gasteiger charge is -2.21. The van der Waals surface area contributed by atoms with E-state index in [4.69, 9.17) is 5.26 Å². The highest BCUT2D eigenvalue weighted by Gasteiger charge is 2.14. The van der Waals surface area contributed by atoms with Crippen LogP contribution in [0.2, 0.25) is 0 Å². The zero-order valence-electron chi connectivity index (χ0n) is 12.9. The molecule has 0 saturated carbocycles. The predicted octanol–water partition coefficient (Wildman–Crippen LogP) is 3.41. The number of hydrogen-bond donors (Lipinski definition) is 1. The summed E-state index contributed by atoms with van der Waals surface area (Å²) in [5.74, 6) is 0.335. The average Bonchev–Trinajstić information content (AvgIpc) is 2.56. The van der Waals surface area contributed by atoms with Crippen molar-refractivity contribution in [1.82, 2.24) is 4.98 Å². The minimum absolute atomic E-state index is 0.335. The Morgan fingerprint density at radius 3 is 2.59 bits per heavy atom. The molecule has 0 unspecified atom stereocenters. The van der Waals surface area contributed by atoms with Gasteiger partial charge in [0.1, 0.15) is 0 Å². The van der Waals surface area contributed by atoms with Crippen molar-refractivity contribution in [1.29, 1.82) is 5.26 Å². The maximum absolute atomic E-state index is 11.6. The Morgan fingerprint density at radius 1 is 1.32 bits per heavy atom. The SMILES string of the molecule is CNc1cc(C#N)ccc1N(C=O)c1ccc(C(C)C)nc1. The fourth-order valence-electron chi connectivity index (χ4n) is 2.15. The summed E-state index contributed by atoms with van der Waals surface area (Å²) in [6.45, 7) is 4.14. The van der Waals surface area contributed by atoms with Gasteiger partial charge in [0.2, 0.25) is 6.41 Å². The van der Waals surface area contributed by atoms with Gasteiger partial charge in [0.05, 0.1) is 34.9 Å². The Labute approximate surface area is 130 Å². The summed E-state index contributed by atoms with van der Waals surface area (Å²) in [7, 11) is 1.75. The molecular weight excluding hydrogens is 276 g/mol. The summed E-state index contributed by atoms with van der Waals surface area (Å²) >= 11 is 0. The maximum Gasteiger partial charge on any atom is 0.218 e. The summed E-state index contributed by atoms with van der Waals surface area (Å²) in [5, 5.41) is 12.0. The Hall–Kier alpha value is -2.87. The highest BCUT2D eigenvalue weighted by atomic mass is 16.1. The molecule has 0 aliphatic heterocycles. The molecule has 0 aliphatic carbocycles. The van der Waals surface area contributed by atoms with E-state index >= 15 is 0 Å². The zero-order chi connectivity index (χ0) is 16.1. The van der Waals surface area contributed by atoms with Crippen molar-refractivity contribution < 1.29 is 4.79 Å². The molecule has 1 aromatic carbocycles. The minimum atomic E-state index is 0.335. The Morgan fingerprint density at radius 2 is 2.09 bits per heavy atom. The van der Waals surface area contributed by atoms with Crippen LogP contribution in [0.5, 0.6) is 0 Å². The van der Waals surface area contributed by atoms with E-state index in [1.54, 1.807) is 31.4 Å². The van der Waals surface area contributed by atoms with E-state index in [9.17, 15) is 4.79 Å². The van der Waals surface area contributed by atoms with Crippen molar-refractivity contribution in [3.05, 3.63) is 47.8 Å². The van der Waals surface area contributed by atoms with Crippen molar-refractivity contribution in [2.45, 2.75) is 19.8 Å². The standard InChI is InChI=1S/C17H18N4O/c1-12(2)15-6-5-14(10-20-15)21(11-22)17-7-4-13(9-18)8-16(17)19-3/h4-8,10-12,19H,1-3H3. The number of nitriles is 1. The molecule has 0 radical (unpaired) electrons. The number of aromatic nitrogens is 1. The molecule has 0 saturated heterocycles. The van der Waals surface area contributed by atoms with E-state index in [-0.39, 0.29) is 0 Å². The second kappa shape index (κ2) is 6.72. The number of carbonyl (C=O) groups is 1. The normalized spacial score (nSPS) is 10.1. The molecule has 0 aliphatic rings. The topological polar surface area (TPSA) is 69.0 Å². The van der Waals surface area contributed by atoms with E-state index in [1.807, 2.05) is 12.1 Å². The van der Waals surface area contributed by atoms with Gasteiger partial charge >= 0.3 is 0 Å². The Balaban J connectivity index is 2.44. The number of anilines is 3. The van der Waals surface area contributed by atoms with Crippen molar-refractivity contribution in [3.8, 4) is 6.07 Å². The fourth-order valence-corrected chi connectivity index (χ4v) is 2.15. The smallest absolute Gasteiger partial charge is 0.218 e. The first-order valence-electron chi connectivity index (χ1n) is 7.03. The molecule has 1 heterocycles. The van der Waals surface area contributed by atoms with Gasteiger partial charge in [-0.2, -0.15) is 5.26 Å². The van der Waals surface area contributed by atoms with Gasteiger partial charge < -0.3 is 5.32 Å². The Kier molecular flexibility index (Phi) is 4.74. The summed E-state index contributed by atoms with van der Waals surface area (Å²) in [4.78, 5) is 17.4. The zero-order valence-corrected chi connectivity index (χ0v) is 12.9. The van der Waals surface area contributed by atoms with Crippen LogP contribution in [0.3, 0.4) is 0 Å². The lowest BCUT2D eigenvalue weighted by Crippen LogP contribution is -2.16. The lowest BCUT2D eigenvalue weighted by atomic mass is 10.1. The van der Waals surface area contributed by atoms with Crippen molar-refractivity contribution in [2.75, 3.05) is 17.3 Å². The second-order valence-electron chi connectivity index (χ2n) is 5.17. The molecule has 2 aromatic rings. The van der Waals surface area contributed by atoms with Crippen LogP contribution < -0.4 is 10.2 Å². The van der Waals surface area contributed by atoms with Crippen molar-refractivity contribution in [2.24, 2.45) is 0 Å². The van der Waals surface area contributed by atoms with Gasteiger partial charge in [-0.1, -0.05) is 13.8 Å². The number of hydrogen-bond acceptors (Lipinski definition) is 4. The third kappa shape index (κ3) is 3.07. The molecule has 1 N–H and O–H groups in total. The number of rotatable bonds is 5. The van der Waals surface area contributed by atoms with Crippen LogP contribution in [0.1, 0.15) is 31.0 Å². The Bertz CT molecular complexity index is 702. The predicted molar refractivity (Wildman–Crippen MR) is 87.2 cm³/mol. The quantitative estimate of drug-likeness (QED) is 0.858. The molecule has 0 atom stereocenters. The van der Waals surface area contributed by atoms with Crippen molar-refractivity contribution in [3.63, 3.8) is 0 Å². The molecule has 1 amide bonds. The van der Waals surface area contributed by atoms with E-state index in [2.05, 4.69) is 30.2 Å². The fraction of sp³-hybridized carbons (Fsp3) is 0.235. The van der Waals surface area contributed by atoms with Crippen LogP contribution >= 0.6 is 0 Å². The number of amides is 1. The average molecular weight is 294 g/mol. The lowest BCUT2D eigenvalue weighted by molar-refractivity contribution is -0.106. The summed E-state index contributed by atoms with van der Waals surface area (Å²) in [5.41, 5.74) is 3.57. The number of pyridine rings is 1. The van der Waals surface area contributed by atoms with Crippen LogP contribution in [-0.2, 0) is 4.79 Å². The van der Waals surface area contributed by atoms with Crippen LogP contribution in [0.15, 0.2) is 36.5 Å². The molecule has 2 rings (SSSR count). The highest BCUT2D eigenvalue weighted by Crippen LogP contribution is 2.31. The van der Waals surface area contributed by atoms with Gasteiger partial charge in [-0.15, -0.1) is 0 Å². The molecule has 0 fully saturated rings. The van der Waals surface area contributed by atoms with E-state index in [0.29, 0.717) is 28.5 Å². The van der Waals surface area contributed by atoms with Crippen LogP contribution in [0.4, 0.5) is 17.1 Å². The van der Waals surface area contributed by atoms with Crippen LogP contribution in [0, 0.1) is 11.3 Å². The van der Waals surface area contributed by atoms with Gasteiger partial charge in [0.15, 0.2) is 0 Å². The van der Waals surface area contributed by atoms with E-state index in [1.165, 1.54) is 4.90 Å². The summed E-state index contributed by atoms with van der Waals surface area (Å²) in [6.07, 6.45) is 2.43. The summed E-state index contributed by atoms with van der Waals surface area (Å²) < 4.78 is 0. The number of benzene rings is 1. The monoisotopic (exact) mass is 294 g/mol. The minimum Gasteiger partial charge on any atom is -0.386 e. The van der Waals surface area contributed by atoms with Gasteiger partial charge in [-0.25, -0.2) is 0 Å². The first-order chi connectivity index (χ1) is 10.6. The van der Waals surface area contributed by atoms with Gasteiger partial charge in [0.25, 0.3) is 0 Å². The first-order valence-corrected chi connectivity index (χ1v) is 7.03. The van der Waals surface area contributed by atoms with E-state index < -0.39 is 0 Å². The molecule has 5 heteroatoms. The molecule has 0 spiro atoms. The molecular formula is C17H18N4O. The second-order valence-corrected chi connectivity index (χ2v) is 5.17. The highest BCUT2D eigenvalue weighted by molar-refractivity contribution is 5.92. The van der Waals surface area contributed by atoms with Crippen LogP contribution in [-0.4, -0.2) is 18.4 Å². The molecule has 0 bridgehead atoms. The largest absolute Gasteiger partial charge is 0.386 e. The molecule has 112 valence electrons. The van der Waals surface area contributed by atoms with Gasteiger partial charge in [-0.05, 0) is 36.2 Å². The number of carbonyl (C=O) groups excluding carboxylic acids is 1.